The summed E-state index contributed by atoms with van der Waals surface area (Å²) in [5, 5.41) is 14.2. The second-order valence-corrected chi connectivity index (χ2v) is 9.15. The van der Waals surface area contributed by atoms with Crippen molar-refractivity contribution in [3.63, 3.8) is 0 Å². The van der Waals surface area contributed by atoms with Gasteiger partial charge in [-0.1, -0.05) is 0 Å². The van der Waals surface area contributed by atoms with E-state index in [0.29, 0.717) is 55.5 Å². The number of amides is 2. The molecule has 5 rings (SSSR count). The number of piperazine rings is 1. The van der Waals surface area contributed by atoms with Gasteiger partial charge < -0.3 is 24.6 Å². The van der Waals surface area contributed by atoms with Crippen LogP contribution in [0.25, 0.3) is 0 Å². The first-order chi connectivity index (χ1) is 18.9. The van der Waals surface area contributed by atoms with Gasteiger partial charge in [0, 0.05) is 55.4 Å². The van der Waals surface area contributed by atoms with Crippen molar-refractivity contribution in [3.8, 4) is 5.75 Å². The van der Waals surface area contributed by atoms with E-state index in [0.717, 1.165) is 5.69 Å². The average molecular weight is 533 g/mol. The van der Waals surface area contributed by atoms with Crippen molar-refractivity contribution >= 4 is 34.9 Å². The molecule has 202 valence electrons. The van der Waals surface area contributed by atoms with Crippen molar-refractivity contribution in [2.24, 2.45) is 0 Å². The normalized spacial score (nSPS) is 17.1. The number of aromatic nitrogens is 1. The molecule has 2 saturated heterocycles. The number of benzene rings is 2. The van der Waals surface area contributed by atoms with Crippen LogP contribution in [0.3, 0.4) is 0 Å². The van der Waals surface area contributed by atoms with Crippen molar-refractivity contribution < 1.29 is 24.0 Å². The summed E-state index contributed by atoms with van der Waals surface area (Å²) in [6.45, 7) is 3.07. The lowest BCUT2D eigenvalue weighted by Gasteiger charge is -2.36. The van der Waals surface area contributed by atoms with Gasteiger partial charge in [-0.2, -0.15) is 0 Å². The molecule has 2 amide bonds. The molecule has 2 fully saturated rings. The Hall–Kier alpha value is -4.87. The molecular weight excluding hydrogens is 504 g/mol. The van der Waals surface area contributed by atoms with Crippen LogP contribution in [0.2, 0.25) is 0 Å². The molecule has 3 heterocycles. The average Bonchev–Trinajstić information content (AvgIpc) is 3.36. The molecule has 2 aliphatic heterocycles. The topological polar surface area (TPSA) is 130 Å². The largest absolute Gasteiger partial charge is 0.497 e. The first-order valence-electron chi connectivity index (χ1n) is 12.5. The van der Waals surface area contributed by atoms with Crippen LogP contribution < -0.4 is 24.8 Å². The Morgan fingerprint density at radius 2 is 1.72 bits per heavy atom. The maximum Gasteiger partial charge on any atom is 0.414 e. The fourth-order valence-corrected chi connectivity index (χ4v) is 4.68. The van der Waals surface area contributed by atoms with Gasteiger partial charge >= 0.3 is 11.8 Å². The van der Waals surface area contributed by atoms with E-state index in [1.165, 1.54) is 6.07 Å². The number of carbonyl (C=O) groups excluding carboxylic acids is 2. The minimum Gasteiger partial charge on any atom is -0.497 e. The highest BCUT2D eigenvalue weighted by Gasteiger charge is 2.33. The molecule has 0 bridgehead atoms. The number of anilines is 3. The molecule has 2 aromatic carbocycles. The standard InChI is InChI=1S/C27H28N6O6/c1-38-22-10-4-19(5-11-22)26(34)29-17-23-18-32(27(35)39-23)21-8-6-20(7-9-21)30-13-15-31(16-14-30)25-24(33(36)37)3-2-12-28-25/h2-12,23H,13-18H2,1H3,(H,29,34). The van der Waals surface area contributed by atoms with Crippen LogP contribution >= 0.6 is 0 Å². The number of hydrogen-bond donors (Lipinski definition) is 1. The number of rotatable bonds is 8. The number of hydrogen-bond acceptors (Lipinski definition) is 9. The smallest absolute Gasteiger partial charge is 0.414 e. The SMILES string of the molecule is COc1ccc(C(=O)NCC2CN(c3ccc(N4CCN(c5ncccc5[N+](=O)[O-])CC4)cc3)C(=O)O2)cc1. The van der Waals surface area contributed by atoms with Gasteiger partial charge in [0.25, 0.3) is 5.91 Å². The Kier molecular flexibility index (Phi) is 7.43. The van der Waals surface area contributed by atoms with E-state index in [1.807, 2.05) is 29.2 Å². The predicted octanol–water partition coefficient (Wildman–Crippen LogP) is 3.08. The van der Waals surface area contributed by atoms with E-state index in [-0.39, 0.29) is 18.1 Å². The van der Waals surface area contributed by atoms with Crippen LogP contribution in [0.5, 0.6) is 5.75 Å². The zero-order valence-corrected chi connectivity index (χ0v) is 21.4. The Morgan fingerprint density at radius 1 is 1.05 bits per heavy atom. The molecule has 0 saturated carbocycles. The quantitative estimate of drug-likeness (QED) is 0.344. The summed E-state index contributed by atoms with van der Waals surface area (Å²) in [5.41, 5.74) is 2.19. The van der Waals surface area contributed by atoms with E-state index < -0.39 is 17.1 Å². The van der Waals surface area contributed by atoms with Crippen LogP contribution in [0.4, 0.5) is 27.7 Å². The molecule has 1 unspecified atom stereocenters. The second-order valence-electron chi connectivity index (χ2n) is 9.15. The van der Waals surface area contributed by atoms with Gasteiger partial charge in [0.15, 0.2) is 0 Å². The van der Waals surface area contributed by atoms with Gasteiger partial charge in [-0.05, 0) is 54.6 Å². The van der Waals surface area contributed by atoms with E-state index in [4.69, 9.17) is 9.47 Å². The van der Waals surface area contributed by atoms with E-state index in [9.17, 15) is 19.7 Å². The molecule has 0 spiro atoms. The van der Waals surface area contributed by atoms with Crippen molar-refractivity contribution in [1.82, 2.24) is 10.3 Å². The summed E-state index contributed by atoms with van der Waals surface area (Å²) < 4.78 is 10.6. The van der Waals surface area contributed by atoms with Gasteiger partial charge in [0.05, 0.1) is 25.1 Å². The van der Waals surface area contributed by atoms with E-state index >= 15 is 0 Å². The maximum absolute atomic E-state index is 12.5. The van der Waals surface area contributed by atoms with Gasteiger partial charge in [-0.25, -0.2) is 9.78 Å². The van der Waals surface area contributed by atoms with Crippen molar-refractivity contribution in [2.75, 3.05) is 61.1 Å². The number of ether oxygens (including phenoxy) is 2. The summed E-state index contributed by atoms with van der Waals surface area (Å²) in [7, 11) is 1.56. The molecule has 1 aromatic heterocycles. The lowest BCUT2D eigenvalue weighted by molar-refractivity contribution is -0.384. The Bertz CT molecular complexity index is 1340. The molecule has 39 heavy (non-hydrogen) atoms. The fraction of sp³-hybridized carbons (Fsp3) is 0.296. The Balaban J connectivity index is 1.14. The highest BCUT2D eigenvalue weighted by Crippen LogP contribution is 2.28. The van der Waals surface area contributed by atoms with Crippen molar-refractivity contribution in [1.29, 1.82) is 0 Å². The van der Waals surface area contributed by atoms with Crippen LogP contribution in [0.15, 0.2) is 66.9 Å². The van der Waals surface area contributed by atoms with E-state index in [1.54, 1.807) is 48.5 Å². The minimum atomic E-state index is -0.469. The number of carbonyl (C=O) groups is 2. The van der Waals surface area contributed by atoms with Gasteiger partial charge in [0.2, 0.25) is 5.82 Å². The van der Waals surface area contributed by atoms with Gasteiger partial charge in [-0.3, -0.25) is 19.8 Å². The van der Waals surface area contributed by atoms with Crippen molar-refractivity contribution in [3.05, 3.63) is 82.5 Å². The van der Waals surface area contributed by atoms with Crippen LogP contribution in [0, 0.1) is 10.1 Å². The molecule has 1 N–H and O–H groups in total. The van der Waals surface area contributed by atoms with Crippen LogP contribution in [-0.2, 0) is 4.74 Å². The zero-order valence-electron chi connectivity index (χ0n) is 21.4. The number of methoxy groups -OCH3 is 1. The zero-order chi connectivity index (χ0) is 27.4. The molecule has 12 heteroatoms. The summed E-state index contributed by atoms with van der Waals surface area (Å²) >= 11 is 0. The predicted molar refractivity (Wildman–Crippen MR) is 145 cm³/mol. The maximum atomic E-state index is 12.5. The minimum absolute atomic E-state index is 0.00593. The molecule has 12 nitrogen and oxygen atoms in total. The fourth-order valence-electron chi connectivity index (χ4n) is 4.68. The molecule has 3 aromatic rings. The number of nitro groups is 1. The van der Waals surface area contributed by atoms with Gasteiger partial charge in [-0.15, -0.1) is 0 Å². The molecular formula is C27H28N6O6. The molecule has 2 aliphatic rings. The summed E-state index contributed by atoms with van der Waals surface area (Å²) in [6.07, 6.45) is 0.635. The monoisotopic (exact) mass is 532 g/mol. The number of pyridine rings is 1. The number of nitrogens with one attached hydrogen (secondary N) is 1. The third-order valence-electron chi connectivity index (χ3n) is 6.79. The van der Waals surface area contributed by atoms with Crippen LogP contribution in [0.1, 0.15) is 10.4 Å². The summed E-state index contributed by atoms with van der Waals surface area (Å²) in [6, 6.07) is 17.4. The molecule has 0 aliphatic carbocycles. The third kappa shape index (κ3) is 5.69. The van der Waals surface area contributed by atoms with Crippen molar-refractivity contribution in [2.45, 2.75) is 6.10 Å². The number of cyclic esters (lactones) is 1. The third-order valence-corrected chi connectivity index (χ3v) is 6.79. The Morgan fingerprint density at radius 3 is 2.38 bits per heavy atom. The van der Waals surface area contributed by atoms with Gasteiger partial charge in [0.1, 0.15) is 11.9 Å². The first-order valence-corrected chi connectivity index (χ1v) is 12.5. The molecule has 1 atom stereocenters. The first kappa shape index (κ1) is 25.8. The second kappa shape index (κ2) is 11.3. The molecule has 0 radical (unpaired) electrons. The summed E-state index contributed by atoms with van der Waals surface area (Å²) in [4.78, 5) is 45.8. The highest BCUT2D eigenvalue weighted by molar-refractivity contribution is 5.94. The van der Waals surface area contributed by atoms with E-state index in [2.05, 4.69) is 15.2 Å². The Labute approximate surface area is 224 Å². The lowest BCUT2D eigenvalue weighted by atomic mass is 10.2. The lowest BCUT2D eigenvalue weighted by Crippen LogP contribution is -2.47. The number of nitrogens with zero attached hydrogens (tertiary/aromatic N) is 5. The highest BCUT2D eigenvalue weighted by atomic mass is 16.6. The summed E-state index contributed by atoms with van der Waals surface area (Å²) in [5.74, 6) is 0.796. The van der Waals surface area contributed by atoms with Crippen LogP contribution in [-0.4, -0.2) is 74.4 Å².